The number of alkyl halides is 2. The molecule has 9 nitrogen and oxygen atoms in total. The molecule has 1 atom stereocenters. The van der Waals surface area contributed by atoms with Crippen LogP contribution in [0.3, 0.4) is 0 Å². The van der Waals surface area contributed by atoms with Gasteiger partial charge in [-0.3, -0.25) is 14.1 Å². The zero-order valence-corrected chi connectivity index (χ0v) is 25.4. The average Bonchev–Trinajstić information content (AvgIpc) is 3.36. The number of fused-ring (bicyclic) bond motifs is 2. The molecule has 1 fully saturated rings. The molecule has 2 aliphatic rings. The number of nitrogens with zero attached hydrogens (tertiary/aromatic N) is 5. The number of rotatable bonds is 7. The Bertz CT molecular complexity index is 1700. The van der Waals surface area contributed by atoms with Crippen molar-refractivity contribution in [1.82, 2.24) is 24.5 Å². The normalized spacial score (nSPS) is 17.4. The minimum Gasteiger partial charge on any atom is -0.481 e. The molecule has 240 valence electrons. The van der Waals surface area contributed by atoms with Gasteiger partial charge in [-0.2, -0.15) is 0 Å². The largest absolute Gasteiger partial charge is 0.481 e. The molecule has 4 aromatic rings. The van der Waals surface area contributed by atoms with E-state index < -0.39 is 35.2 Å². The summed E-state index contributed by atoms with van der Waals surface area (Å²) in [6.45, 7) is 10.5. The summed E-state index contributed by atoms with van der Waals surface area (Å²) in [5, 5.41) is 18.1. The van der Waals surface area contributed by atoms with Crippen LogP contribution in [0.15, 0.2) is 48.8 Å². The molecule has 0 saturated carbocycles. The summed E-state index contributed by atoms with van der Waals surface area (Å²) >= 11 is 0. The monoisotopic (exact) mass is 621 g/mol. The lowest BCUT2D eigenvalue weighted by molar-refractivity contribution is -0.147. The zero-order chi connectivity index (χ0) is 31.2. The number of carboxylic acids is 1. The fraction of sp³-hybridized carbons (Fsp3) is 0.471. The molecular formula is C34H41F2N5O4. The number of hydrogen-bond acceptors (Lipinski definition) is 7. The van der Waals surface area contributed by atoms with Gasteiger partial charge in [0.05, 0.1) is 18.6 Å². The Kier molecular flexibility index (Phi) is 8.97. The third kappa shape index (κ3) is 6.03. The second kappa shape index (κ2) is 12.4. The molecule has 0 aliphatic carbocycles. The molecule has 1 N–H and O–H groups in total. The molecule has 5 heterocycles. The summed E-state index contributed by atoms with van der Waals surface area (Å²) in [6.07, 6.45) is 2.02. The summed E-state index contributed by atoms with van der Waals surface area (Å²) < 4.78 is 40.6. The van der Waals surface area contributed by atoms with Crippen LogP contribution < -0.4 is 4.74 Å². The number of carboxylic acid groups (broad SMARTS) is 1. The number of ether oxygens (including phenoxy) is 2. The Morgan fingerprint density at radius 3 is 2.60 bits per heavy atom. The molecule has 0 amide bonds. The molecule has 1 saturated heterocycles. The van der Waals surface area contributed by atoms with Gasteiger partial charge < -0.3 is 14.6 Å². The predicted molar refractivity (Wildman–Crippen MR) is 166 cm³/mol. The Labute approximate surface area is 262 Å². The minimum absolute atomic E-state index is 0. The van der Waals surface area contributed by atoms with Crippen molar-refractivity contribution >= 4 is 11.6 Å². The van der Waals surface area contributed by atoms with Gasteiger partial charge in [0, 0.05) is 56.4 Å². The maximum Gasteiger partial charge on any atom is 0.310 e. The first-order valence-corrected chi connectivity index (χ1v) is 14.9. The van der Waals surface area contributed by atoms with Crippen molar-refractivity contribution in [2.45, 2.75) is 79.0 Å². The summed E-state index contributed by atoms with van der Waals surface area (Å²) in [6, 6.07) is 11.8. The van der Waals surface area contributed by atoms with E-state index in [4.69, 9.17) is 9.47 Å². The molecule has 1 spiro atoms. The highest BCUT2D eigenvalue weighted by molar-refractivity contribution is 5.77. The van der Waals surface area contributed by atoms with Crippen LogP contribution in [0.5, 0.6) is 5.88 Å². The Hall–Kier alpha value is -3.96. The lowest BCUT2D eigenvalue weighted by Gasteiger charge is -2.38. The van der Waals surface area contributed by atoms with E-state index in [0.29, 0.717) is 49.9 Å². The highest BCUT2D eigenvalue weighted by Crippen LogP contribution is 2.44. The highest BCUT2D eigenvalue weighted by Gasteiger charge is 2.42. The third-order valence-corrected chi connectivity index (χ3v) is 9.25. The summed E-state index contributed by atoms with van der Waals surface area (Å²) in [5.41, 5.74) is 3.99. The molecule has 2 aliphatic heterocycles. The maximum atomic E-state index is 13.6. The van der Waals surface area contributed by atoms with Gasteiger partial charge in [-0.05, 0) is 67.6 Å². The molecule has 3 aromatic heterocycles. The van der Waals surface area contributed by atoms with E-state index in [1.54, 1.807) is 33.0 Å². The van der Waals surface area contributed by atoms with Crippen LogP contribution in [-0.2, 0) is 22.6 Å². The first kappa shape index (κ1) is 32.4. The van der Waals surface area contributed by atoms with Gasteiger partial charge in [-0.25, -0.2) is 13.8 Å². The van der Waals surface area contributed by atoms with Crippen LogP contribution in [0.25, 0.3) is 5.65 Å². The lowest BCUT2D eigenvalue weighted by atomic mass is 9.70. The van der Waals surface area contributed by atoms with E-state index in [1.165, 1.54) is 10.6 Å². The van der Waals surface area contributed by atoms with Gasteiger partial charge >= 0.3 is 5.97 Å². The standard InChI is InChI=1S/C33H37F2N5O4.CH4/c1-20-7-8-22(26(32(3,4)31(41)42)25-9-13-40-28(21(25)2)37-38-29(40)27(34)35)16-24(20)18-39-17-23-6-5-12-36-30(23)44-33(19-39)10-14-43-15-11-33;/h5-9,12-13,16,26-27H,10-11,14-15,17-19H2,1-4H3,(H,41,42);1H4. The van der Waals surface area contributed by atoms with E-state index in [-0.39, 0.29) is 13.1 Å². The van der Waals surface area contributed by atoms with E-state index >= 15 is 0 Å². The number of benzene rings is 1. The van der Waals surface area contributed by atoms with Gasteiger partial charge in [-0.15, -0.1) is 10.2 Å². The van der Waals surface area contributed by atoms with E-state index in [0.717, 1.165) is 35.1 Å². The summed E-state index contributed by atoms with van der Waals surface area (Å²) in [5.74, 6) is -1.33. The molecular weight excluding hydrogens is 580 g/mol. The number of pyridine rings is 2. The second-order valence-electron chi connectivity index (χ2n) is 12.6. The topological polar surface area (TPSA) is 102 Å². The predicted octanol–water partition coefficient (Wildman–Crippen LogP) is 6.50. The van der Waals surface area contributed by atoms with Crippen LogP contribution in [0.2, 0.25) is 0 Å². The minimum atomic E-state index is -2.78. The second-order valence-corrected chi connectivity index (χ2v) is 12.6. The van der Waals surface area contributed by atoms with E-state index in [9.17, 15) is 18.7 Å². The van der Waals surface area contributed by atoms with Crippen molar-refractivity contribution in [3.05, 3.63) is 88.0 Å². The molecule has 1 aromatic carbocycles. The Morgan fingerprint density at radius 1 is 1.13 bits per heavy atom. The lowest BCUT2D eigenvalue weighted by Crippen LogP contribution is -2.49. The third-order valence-electron chi connectivity index (χ3n) is 9.25. The first-order valence-electron chi connectivity index (χ1n) is 14.9. The van der Waals surface area contributed by atoms with Crippen LogP contribution in [0.1, 0.15) is 85.7 Å². The van der Waals surface area contributed by atoms with Gasteiger partial charge in [0.2, 0.25) is 11.7 Å². The quantitative estimate of drug-likeness (QED) is 0.250. The molecule has 11 heteroatoms. The fourth-order valence-electron chi connectivity index (χ4n) is 6.66. The van der Waals surface area contributed by atoms with Gasteiger partial charge in [-0.1, -0.05) is 31.7 Å². The van der Waals surface area contributed by atoms with Gasteiger partial charge in [0.15, 0.2) is 5.65 Å². The zero-order valence-electron chi connectivity index (χ0n) is 25.4. The smallest absolute Gasteiger partial charge is 0.310 e. The fourth-order valence-corrected chi connectivity index (χ4v) is 6.66. The summed E-state index contributed by atoms with van der Waals surface area (Å²) in [4.78, 5) is 19.6. The van der Waals surface area contributed by atoms with Crippen LogP contribution >= 0.6 is 0 Å². The van der Waals surface area contributed by atoms with Crippen molar-refractivity contribution in [3.8, 4) is 5.88 Å². The number of hydrogen-bond donors (Lipinski definition) is 1. The van der Waals surface area contributed by atoms with Crippen molar-refractivity contribution in [2.75, 3.05) is 19.8 Å². The van der Waals surface area contributed by atoms with Crippen LogP contribution in [0, 0.1) is 19.3 Å². The average molecular weight is 622 g/mol. The number of aromatic nitrogens is 4. The molecule has 45 heavy (non-hydrogen) atoms. The van der Waals surface area contributed by atoms with Crippen molar-refractivity contribution in [3.63, 3.8) is 0 Å². The number of carbonyl (C=O) groups is 1. The Morgan fingerprint density at radius 2 is 1.89 bits per heavy atom. The van der Waals surface area contributed by atoms with E-state index in [2.05, 4.69) is 33.1 Å². The van der Waals surface area contributed by atoms with Crippen LogP contribution in [-0.4, -0.2) is 60.9 Å². The summed E-state index contributed by atoms with van der Waals surface area (Å²) in [7, 11) is 0. The van der Waals surface area contributed by atoms with Crippen molar-refractivity contribution in [2.24, 2.45) is 5.41 Å². The maximum absolute atomic E-state index is 13.6. The molecule has 6 rings (SSSR count). The number of aliphatic carboxylic acids is 1. The first-order chi connectivity index (χ1) is 21.0. The number of aryl methyl sites for hydroxylation is 2. The van der Waals surface area contributed by atoms with Gasteiger partial charge in [0.25, 0.3) is 6.43 Å². The van der Waals surface area contributed by atoms with Gasteiger partial charge in [0.1, 0.15) is 5.60 Å². The van der Waals surface area contributed by atoms with Crippen molar-refractivity contribution in [1.29, 1.82) is 0 Å². The molecule has 0 bridgehead atoms. The Balaban J connectivity index is 0.00000400. The molecule has 1 unspecified atom stereocenters. The van der Waals surface area contributed by atoms with Crippen molar-refractivity contribution < 1.29 is 28.2 Å². The van der Waals surface area contributed by atoms with E-state index in [1.807, 2.05) is 24.3 Å². The van der Waals surface area contributed by atoms with Crippen LogP contribution in [0.4, 0.5) is 8.78 Å². The molecule has 0 radical (unpaired) electrons. The SMILES string of the molecule is C.Cc1ccc(C(c2ccn3c(C(F)F)nnc3c2C)C(C)(C)C(=O)O)cc1CN1Cc2cccnc2OC2(CCOCC2)C1. The highest BCUT2D eigenvalue weighted by atomic mass is 19.3. The number of halogens is 2.